The number of hydrogen-bond acceptors (Lipinski definition) is 4. The van der Waals surface area contributed by atoms with Gasteiger partial charge < -0.3 is 9.52 Å². The van der Waals surface area contributed by atoms with Gasteiger partial charge in [0.15, 0.2) is 5.58 Å². The highest BCUT2D eigenvalue weighted by Crippen LogP contribution is 2.29. The van der Waals surface area contributed by atoms with Crippen molar-refractivity contribution in [3.8, 4) is 17.2 Å². The Labute approximate surface area is 183 Å². The van der Waals surface area contributed by atoms with Crippen molar-refractivity contribution in [2.45, 2.75) is 6.92 Å². The van der Waals surface area contributed by atoms with E-state index in [1.165, 1.54) is 0 Å². The first-order valence-corrected chi connectivity index (χ1v) is 10.3. The number of aromatic hydroxyl groups is 1. The number of phenolic OH excluding ortho intramolecular Hbond substituents is 1. The minimum Gasteiger partial charge on any atom is -0.506 e. The van der Waals surface area contributed by atoms with Gasteiger partial charge in [0.2, 0.25) is 5.89 Å². The highest BCUT2D eigenvalue weighted by Gasteiger charge is 2.09. The van der Waals surface area contributed by atoms with Crippen LogP contribution in [0.5, 0.6) is 5.75 Å². The fourth-order valence-electron chi connectivity index (χ4n) is 2.70. The second kappa shape index (κ2) is 7.59. The largest absolute Gasteiger partial charge is 0.506 e. The number of phenols is 1. The zero-order valence-electron chi connectivity index (χ0n) is 14.3. The summed E-state index contributed by atoms with van der Waals surface area (Å²) < 4.78 is 7.75. The minimum absolute atomic E-state index is 0.241. The lowest BCUT2D eigenvalue weighted by molar-refractivity contribution is 0.470. The molecule has 0 amide bonds. The molecule has 0 saturated heterocycles. The van der Waals surface area contributed by atoms with Gasteiger partial charge in [-0.1, -0.05) is 12.1 Å². The first-order valence-electron chi connectivity index (χ1n) is 8.19. The van der Waals surface area contributed by atoms with Crippen LogP contribution in [-0.2, 0) is 0 Å². The quantitative estimate of drug-likeness (QED) is 0.224. The third-order valence-electron chi connectivity index (χ3n) is 4.05. The van der Waals surface area contributed by atoms with Crippen molar-refractivity contribution in [3.05, 3.63) is 72.9 Å². The SMILES string of the molecule is Cc1ccc2nc(-c3cccc(N=Cc4cc(I)cc(I)c4O)c3)oc2c1. The minimum atomic E-state index is 0.241. The summed E-state index contributed by atoms with van der Waals surface area (Å²) in [5.41, 5.74) is 5.06. The third kappa shape index (κ3) is 4.01. The molecule has 0 aliphatic carbocycles. The summed E-state index contributed by atoms with van der Waals surface area (Å²) in [7, 11) is 0. The molecule has 3 aromatic carbocycles. The molecule has 0 aliphatic heterocycles. The first-order chi connectivity index (χ1) is 13.0. The first kappa shape index (κ1) is 18.4. The van der Waals surface area contributed by atoms with Gasteiger partial charge in [-0.2, -0.15) is 0 Å². The number of nitrogens with zero attached hydrogens (tertiary/aromatic N) is 2. The molecule has 4 rings (SSSR count). The second-order valence-electron chi connectivity index (χ2n) is 6.12. The van der Waals surface area contributed by atoms with Crippen molar-refractivity contribution in [1.29, 1.82) is 0 Å². The topological polar surface area (TPSA) is 58.6 Å². The summed E-state index contributed by atoms with van der Waals surface area (Å²) in [6.07, 6.45) is 1.67. The van der Waals surface area contributed by atoms with Gasteiger partial charge in [-0.05, 0) is 100 Å². The van der Waals surface area contributed by atoms with Crippen LogP contribution < -0.4 is 0 Å². The molecule has 0 saturated carbocycles. The molecule has 4 nitrogen and oxygen atoms in total. The van der Waals surface area contributed by atoms with Gasteiger partial charge in [0.1, 0.15) is 11.3 Å². The van der Waals surface area contributed by atoms with Crippen LogP contribution in [0.4, 0.5) is 5.69 Å². The van der Waals surface area contributed by atoms with E-state index in [9.17, 15) is 5.11 Å². The Morgan fingerprint density at radius 3 is 2.78 bits per heavy atom. The van der Waals surface area contributed by atoms with E-state index in [1.807, 2.05) is 61.5 Å². The zero-order valence-corrected chi connectivity index (χ0v) is 18.6. The van der Waals surface area contributed by atoms with Gasteiger partial charge in [-0.3, -0.25) is 4.99 Å². The Morgan fingerprint density at radius 2 is 1.93 bits per heavy atom. The molecule has 134 valence electrons. The van der Waals surface area contributed by atoms with E-state index in [1.54, 1.807) is 6.21 Å². The Bertz CT molecular complexity index is 1180. The highest BCUT2D eigenvalue weighted by molar-refractivity contribution is 14.1. The Hall–Kier alpha value is -1.94. The van der Waals surface area contributed by atoms with Crippen LogP contribution in [0, 0.1) is 14.1 Å². The van der Waals surface area contributed by atoms with Crippen molar-refractivity contribution in [1.82, 2.24) is 4.98 Å². The molecule has 0 atom stereocenters. The number of aryl methyl sites for hydroxylation is 1. The van der Waals surface area contributed by atoms with Gasteiger partial charge in [0, 0.05) is 20.9 Å². The molecule has 0 aliphatic rings. The van der Waals surface area contributed by atoms with E-state index >= 15 is 0 Å². The number of benzene rings is 3. The standard InChI is InChI=1S/C21H14I2N2O2/c1-12-5-6-18-19(7-12)27-21(25-18)13-3-2-4-16(9-13)24-11-14-8-15(22)10-17(23)20(14)26/h2-11,26H,1H3. The molecule has 4 aromatic rings. The molecular weight excluding hydrogens is 566 g/mol. The lowest BCUT2D eigenvalue weighted by Crippen LogP contribution is -1.87. The smallest absolute Gasteiger partial charge is 0.227 e. The number of rotatable bonds is 3. The zero-order chi connectivity index (χ0) is 19.0. The van der Waals surface area contributed by atoms with Gasteiger partial charge in [-0.25, -0.2) is 4.98 Å². The van der Waals surface area contributed by atoms with Crippen molar-refractivity contribution in [2.75, 3.05) is 0 Å². The van der Waals surface area contributed by atoms with E-state index < -0.39 is 0 Å². The maximum atomic E-state index is 10.2. The van der Waals surface area contributed by atoms with Gasteiger partial charge >= 0.3 is 0 Å². The van der Waals surface area contributed by atoms with Crippen LogP contribution >= 0.6 is 45.2 Å². The number of fused-ring (bicyclic) bond motifs is 1. The van der Waals surface area contributed by atoms with Crippen LogP contribution in [0.15, 0.2) is 64.0 Å². The summed E-state index contributed by atoms with van der Waals surface area (Å²) in [4.78, 5) is 9.07. The average molecular weight is 580 g/mol. The number of aliphatic imine (C=N–C) groups is 1. The number of oxazole rings is 1. The molecule has 0 radical (unpaired) electrons. The van der Waals surface area contributed by atoms with Crippen LogP contribution in [0.2, 0.25) is 0 Å². The molecule has 1 N–H and O–H groups in total. The summed E-state index contributed by atoms with van der Waals surface area (Å²) >= 11 is 4.34. The summed E-state index contributed by atoms with van der Waals surface area (Å²) in [5, 5.41) is 10.2. The molecule has 0 spiro atoms. The average Bonchev–Trinajstić information content (AvgIpc) is 3.07. The lowest BCUT2D eigenvalue weighted by atomic mass is 10.2. The normalized spacial score (nSPS) is 11.5. The Morgan fingerprint density at radius 1 is 1.07 bits per heavy atom. The number of halogens is 2. The summed E-state index contributed by atoms with van der Waals surface area (Å²) in [6.45, 7) is 2.03. The van der Waals surface area contributed by atoms with Crippen LogP contribution in [0.1, 0.15) is 11.1 Å². The van der Waals surface area contributed by atoms with Crippen molar-refractivity contribution < 1.29 is 9.52 Å². The van der Waals surface area contributed by atoms with Crippen LogP contribution in [0.25, 0.3) is 22.6 Å². The van der Waals surface area contributed by atoms with Gasteiger partial charge in [0.25, 0.3) is 0 Å². The molecule has 6 heteroatoms. The number of aromatic nitrogens is 1. The third-order valence-corrected chi connectivity index (χ3v) is 5.49. The van der Waals surface area contributed by atoms with Crippen LogP contribution in [0.3, 0.4) is 0 Å². The predicted octanol–water partition coefficient (Wildman–Crippen LogP) is 6.47. The predicted molar refractivity (Wildman–Crippen MR) is 125 cm³/mol. The van der Waals surface area contributed by atoms with Crippen LogP contribution in [-0.4, -0.2) is 16.3 Å². The monoisotopic (exact) mass is 580 g/mol. The van der Waals surface area contributed by atoms with E-state index in [-0.39, 0.29) is 5.75 Å². The van der Waals surface area contributed by atoms with Crippen molar-refractivity contribution >= 4 is 68.2 Å². The molecule has 27 heavy (non-hydrogen) atoms. The second-order valence-corrected chi connectivity index (χ2v) is 8.53. The lowest BCUT2D eigenvalue weighted by Gasteiger charge is -2.03. The maximum absolute atomic E-state index is 10.2. The molecule has 0 unspecified atom stereocenters. The summed E-state index contributed by atoms with van der Waals surface area (Å²) in [6, 6.07) is 17.5. The Kier molecular flexibility index (Phi) is 5.18. The van der Waals surface area contributed by atoms with Crippen molar-refractivity contribution in [3.63, 3.8) is 0 Å². The molecule has 0 bridgehead atoms. The van der Waals surface area contributed by atoms with Crippen molar-refractivity contribution in [2.24, 2.45) is 4.99 Å². The highest BCUT2D eigenvalue weighted by atomic mass is 127. The van der Waals surface area contributed by atoms with E-state index in [0.29, 0.717) is 11.5 Å². The molecule has 1 aromatic heterocycles. The van der Waals surface area contributed by atoms with E-state index in [0.717, 1.165) is 35.1 Å². The molecular formula is C21H14I2N2O2. The maximum Gasteiger partial charge on any atom is 0.227 e. The summed E-state index contributed by atoms with van der Waals surface area (Å²) in [5.74, 6) is 0.810. The fourth-order valence-corrected chi connectivity index (χ4v) is 4.59. The molecule has 1 heterocycles. The fraction of sp³-hybridized carbons (Fsp3) is 0.0476. The number of hydrogen-bond donors (Lipinski definition) is 1. The van der Waals surface area contributed by atoms with Gasteiger partial charge in [0.05, 0.1) is 9.26 Å². The van der Waals surface area contributed by atoms with Gasteiger partial charge in [-0.15, -0.1) is 0 Å². The Balaban J connectivity index is 1.68. The molecule has 0 fully saturated rings. The van der Waals surface area contributed by atoms with E-state index in [2.05, 4.69) is 55.2 Å². The van der Waals surface area contributed by atoms with E-state index in [4.69, 9.17) is 4.42 Å².